The third kappa shape index (κ3) is 2.82. The van der Waals surface area contributed by atoms with Gasteiger partial charge in [0, 0.05) is 16.6 Å². The molecule has 22 heavy (non-hydrogen) atoms. The Kier molecular flexibility index (Phi) is 4.11. The topological polar surface area (TPSA) is 70.9 Å². The molecular formula is C16H12BrN3O2. The van der Waals surface area contributed by atoms with Gasteiger partial charge in [0.05, 0.1) is 5.56 Å². The molecule has 1 unspecified atom stereocenters. The number of azo groups is 1. The van der Waals surface area contributed by atoms with Crippen LogP contribution in [0.2, 0.25) is 0 Å². The lowest BCUT2D eigenvalue weighted by atomic mass is 9.99. The van der Waals surface area contributed by atoms with Gasteiger partial charge < -0.3 is 5.32 Å². The number of fused-ring (bicyclic) bond motifs is 1. The van der Waals surface area contributed by atoms with E-state index in [1.807, 2.05) is 24.3 Å². The largest absolute Gasteiger partial charge is 0.349 e. The van der Waals surface area contributed by atoms with Gasteiger partial charge in [-0.2, -0.15) is 5.11 Å². The Hall–Kier alpha value is -2.34. The SMILES string of the molecule is O=C(NCC1N=NC(=O)c2ccccc21)c1ccccc1Br. The van der Waals surface area contributed by atoms with E-state index in [-0.39, 0.29) is 24.4 Å². The van der Waals surface area contributed by atoms with E-state index >= 15 is 0 Å². The Morgan fingerprint density at radius 2 is 1.86 bits per heavy atom. The molecule has 2 aromatic rings. The first-order chi connectivity index (χ1) is 10.7. The molecule has 1 heterocycles. The number of carbonyl (C=O) groups is 2. The zero-order valence-electron chi connectivity index (χ0n) is 11.5. The summed E-state index contributed by atoms with van der Waals surface area (Å²) >= 11 is 3.35. The van der Waals surface area contributed by atoms with Gasteiger partial charge in [0.25, 0.3) is 11.8 Å². The highest BCUT2D eigenvalue weighted by Gasteiger charge is 2.24. The monoisotopic (exact) mass is 357 g/mol. The number of halogens is 1. The van der Waals surface area contributed by atoms with Gasteiger partial charge in [-0.15, -0.1) is 5.11 Å². The smallest absolute Gasteiger partial charge is 0.295 e. The Labute approximate surface area is 135 Å². The van der Waals surface area contributed by atoms with E-state index in [0.717, 1.165) is 10.0 Å². The number of hydrogen-bond donors (Lipinski definition) is 1. The van der Waals surface area contributed by atoms with Crippen molar-refractivity contribution in [2.45, 2.75) is 6.04 Å². The van der Waals surface area contributed by atoms with Crippen molar-refractivity contribution in [3.63, 3.8) is 0 Å². The second-order valence-corrected chi connectivity index (χ2v) is 5.67. The van der Waals surface area contributed by atoms with Gasteiger partial charge in [0.2, 0.25) is 0 Å². The fourth-order valence-corrected chi connectivity index (χ4v) is 2.77. The van der Waals surface area contributed by atoms with Gasteiger partial charge in [-0.1, -0.05) is 30.3 Å². The predicted octanol–water partition coefficient (Wildman–Crippen LogP) is 3.53. The van der Waals surface area contributed by atoms with E-state index in [0.29, 0.717) is 11.1 Å². The quantitative estimate of drug-likeness (QED) is 0.912. The van der Waals surface area contributed by atoms with Crippen molar-refractivity contribution in [2.75, 3.05) is 6.54 Å². The summed E-state index contributed by atoms with van der Waals surface area (Å²) in [6.07, 6.45) is 0. The maximum absolute atomic E-state index is 12.2. The van der Waals surface area contributed by atoms with Crippen molar-refractivity contribution in [3.8, 4) is 0 Å². The summed E-state index contributed by atoms with van der Waals surface area (Å²) in [6.45, 7) is 0.286. The first kappa shape index (κ1) is 14.6. The molecule has 0 aromatic heterocycles. The van der Waals surface area contributed by atoms with E-state index in [2.05, 4.69) is 31.5 Å². The van der Waals surface area contributed by atoms with Crippen molar-refractivity contribution < 1.29 is 9.59 Å². The van der Waals surface area contributed by atoms with Crippen LogP contribution in [-0.4, -0.2) is 18.4 Å². The number of benzene rings is 2. The minimum atomic E-state index is -0.347. The van der Waals surface area contributed by atoms with Crippen LogP contribution < -0.4 is 5.32 Å². The second kappa shape index (κ2) is 6.19. The standard InChI is InChI=1S/C16H12BrN3O2/c17-13-8-4-3-7-12(13)15(21)18-9-14-10-5-1-2-6-11(10)16(22)20-19-14/h1-8,14H,9H2,(H,18,21). The predicted molar refractivity (Wildman–Crippen MR) is 84.8 cm³/mol. The molecule has 1 N–H and O–H groups in total. The molecule has 0 saturated carbocycles. The van der Waals surface area contributed by atoms with Crippen LogP contribution in [-0.2, 0) is 0 Å². The summed E-state index contributed by atoms with van der Waals surface area (Å²) in [5, 5.41) is 10.5. The summed E-state index contributed by atoms with van der Waals surface area (Å²) in [4.78, 5) is 23.9. The molecule has 2 amide bonds. The van der Waals surface area contributed by atoms with E-state index in [4.69, 9.17) is 0 Å². The van der Waals surface area contributed by atoms with E-state index in [9.17, 15) is 9.59 Å². The van der Waals surface area contributed by atoms with Crippen molar-refractivity contribution >= 4 is 27.7 Å². The maximum Gasteiger partial charge on any atom is 0.295 e. The number of hydrogen-bond acceptors (Lipinski definition) is 3. The van der Waals surface area contributed by atoms with Crippen LogP contribution >= 0.6 is 15.9 Å². The zero-order chi connectivity index (χ0) is 15.5. The van der Waals surface area contributed by atoms with Gasteiger partial charge in [-0.3, -0.25) is 9.59 Å². The van der Waals surface area contributed by atoms with Crippen LogP contribution in [0.5, 0.6) is 0 Å². The molecule has 110 valence electrons. The summed E-state index contributed by atoms with van der Waals surface area (Å²) in [5.74, 6) is -0.541. The van der Waals surface area contributed by atoms with E-state index < -0.39 is 0 Å². The molecule has 0 aliphatic carbocycles. The highest BCUT2D eigenvalue weighted by molar-refractivity contribution is 9.10. The molecule has 1 aliphatic rings. The summed E-state index contributed by atoms with van der Waals surface area (Å²) in [6, 6.07) is 14.0. The Bertz CT molecular complexity index is 773. The number of carbonyl (C=O) groups excluding carboxylic acids is 2. The molecule has 0 radical (unpaired) electrons. The first-order valence-electron chi connectivity index (χ1n) is 6.73. The van der Waals surface area contributed by atoms with Crippen molar-refractivity contribution in [1.82, 2.24) is 5.32 Å². The second-order valence-electron chi connectivity index (χ2n) is 4.81. The lowest BCUT2D eigenvalue weighted by Crippen LogP contribution is -2.29. The third-order valence-corrected chi connectivity index (χ3v) is 4.10. The summed E-state index contributed by atoms with van der Waals surface area (Å²) in [5.41, 5.74) is 1.88. The Morgan fingerprint density at radius 1 is 1.14 bits per heavy atom. The van der Waals surface area contributed by atoms with Gasteiger partial charge >= 0.3 is 0 Å². The molecule has 6 heteroatoms. The number of nitrogens with one attached hydrogen (secondary N) is 1. The minimum Gasteiger partial charge on any atom is -0.349 e. The van der Waals surface area contributed by atoms with Gasteiger partial charge in [-0.25, -0.2) is 0 Å². The maximum atomic E-state index is 12.2. The minimum absolute atomic E-state index is 0.197. The highest BCUT2D eigenvalue weighted by Crippen LogP contribution is 2.26. The van der Waals surface area contributed by atoms with Crippen LogP contribution in [0.15, 0.2) is 63.2 Å². The van der Waals surface area contributed by atoms with Crippen molar-refractivity contribution in [2.24, 2.45) is 10.2 Å². The number of nitrogens with zero attached hydrogens (tertiary/aromatic N) is 2. The van der Waals surface area contributed by atoms with Crippen LogP contribution in [0.25, 0.3) is 0 Å². The van der Waals surface area contributed by atoms with Gasteiger partial charge in [-0.05, 0) is 39.7 Å². The molecule has 0 saturated heterocycles. The fraction of sp³-hybridized carbons (Fsp3) is 0.125. The van der Waals surface area contributed by atoms with Gasteiger partial charge in [0.15, 0.2) is 0 Å². The van der Waals surface area contributed by atoms with Crippen molar-refractivity contribution in [3.05, 3.63) is 69.7 Å². The van der Waals surface area contributed by atoms with Crippen LogP contribution in [0.1, 0.15) is 32.3 Å². The lowest BCUT2D eigenvalue weighted by molar-refractivity contribution is 0.0950. The summed E-state index contributed by atoms with van der Waals surface area (Å²) < 4.78 is 0.730. The molecule has 2 aromatic carbocycles. The lowest BCUT2D eigenvalue weighted by Gasteiger charge is -2.18. The Balaban J connectivity index is 1.75. The van der Waals surface area contributed by atoms with Crippen LogP contribution in [0.4, 0.5) is 0 Å². The normalized spacial score (nSPS) is 16.2. The van der Waals surface area contributed by atoms with E-state index in [1.54, 1.807) is 24.3 Å². The fourth-order valence-electron chi connectivity index (χ4n) is 2.30. The average molecular weight is 358 g/mol. The van der Waals surface area contributed by atoms with Crippen molar-refractivity contribution in [1.29, 1.82) is 0 Å². The van der Waals surface area contributed by atoms with Gasteiger partial charge in [0.1, 0.15) is 6.04 Å². The van der Waals surface area contributed by atoms with E-state index in [1.165, 1.54) is 0 Å². The molecule has 1 atom stereocenters. The molecular weight excluding hydrogens is 346 g/mol. The third-order valence-electron chi connectivity index (χ3n) is 3.41. The zero-order valence-corrected chi connectivity index (χ0v) is 13.1. The molecule has 0 fully saturated rings. The number of amides is 2. The molecule has 3 rings (SSSR count). The molecule has 1 aliphatic heterocycles. The number of rotatable bonds is 3. The molecule has 0 spiro atoms. The Morgan fingerprint density at radius 3 is 2.68 bits per heavy atom. The highest BCUT2D eigenvalue weighted by atomic mass is 79.9. The average Bonchev–Trinajstić information content (AvgIpc) is 2.55. The van der Waals surface area contributed by atoms with Crippen LogP contribution in [0.3, 0.4) is 0 Å². The van der Waals surface area contributed by atoms with Crippen LogP contribution in [0, 0.1) is 0 Å². The molecule has 0 bridgehead atoms. The molecule has 5 nitrogen and oxygen atoms in total. The first-order valence-corrected chi connectivity index (χ1v) is 7.53. The summed E-state index contributed by atoms with van der Waals surface area (Å²) in [7, 11) is 0.